The predicted molar refractivity (Wildman–Crippen MR) is 69.1 cm³/mol. The molecule has 2 aliphatic rings. The number of hydrogen-bond acceptors (Lipinski definition) is 3. The highest BCUT2D eigenvalue weighted by Crippen LogP contribution is 2.41. The molecule has 7 heteroatoms. The average Bonchev–Trinajstić information content (AvgIpc) is 2.52. The van der Waals surface area contributed by atoms with E-state index in [2.05, 4.69) is 10.3 Å². The molecule has 1 amide bonds. The molecule has 0 radical (unpaired) electrons. The highest BCUT2D eigenvalue weighted by Gasteiger charge is 2.50. The Labute approximate surface area is 114 Å². The number of alkyl halides is 3. The van der Waals surface area contributed by atoms with E-state index in [1.807, 2.05) is 0 Å². The van der Waals surface area contributed by atoms with Crippen molar-refractivity contribution in [2.75, 3.05) is 0 Å². The zero-order valence-electron chi connectivity index (χ0n) is 10.7. The van der Waals surface area contributed by atoms with Gasteiger partial charge in [0.05, 0.1) is 12.5 Å². The summed E-state index contributed by atoms with van der Waals surface area (Å²) in [6.45, 7) is 1.32. The van der Waals surface area contributed by atoms with Gasteiger partial charge in [0.15, 0.2) is 5.17 Å². The van der Waals surface area contributed by atoms with Crippen LogP contribution in [-0.4, -0.2) is 28.0 Å². The summed E-state index contributed by atoms with van der Waals surface area (Å²) in [6.07, 6.45) is -0.183. The first-order valence-corrected chi connectivity index (χ1v) is 7.25. The molecule has 3 nitrogen and oxygen atoms in total. The van der Waals surface area contributed by atoms with Crippen LogP contribution in [0.2, 0.25) is 0 Å². The van der Waals surface area contributed by atoms with Crippen LogP contribution in [0.4, 0.5) is 13.2 Å². The maximum atomic E-state index is 12.5. The fraction of sp³-hybridized carbons (Fsp3) is 0.833. The van der Waals surface area contributed by atoms with Crippen molar-refractivity contribution in [3.63, 3.8) is 0 Å². The Bertz CT molecular complexity index is 391. The van der Waals surface area contributed by atoms with Gasteiger partial charge in [-0.15, -0.1) is 0 Å². The summed E-state index contributed by atoms with van der Waals surface area (Å²) in [5.41, 5.74) is 0. The van der Waals surface area contributed by atoms with Gasteiger partial charge in [0.2, 0.25) is 5.91 Å². The van der Waals surface area contributed by atoms with Crippen molar-refractivity contribution in [3.8, 4) is 0 Å². The molecular formula is C12H17F3N2OS. The first kappa shape index (κ1) is 14.7. The van der Waals surface area contributed by atoms with E-state index in [9.17, 15) is 18.0 Å². The molecule has 0 bridgehead atoms. The number of nitrogens with one attached hydrogen (secondary N) is 1. The molecule has 1 heterocycles. The molecule has 0 aromatic rings. The van der Waals surface area contributed by atoms with Gasteiger partial charge in [-0.1, -0.05) is 31.0 Å². The van der Waals surface area contributed by atoms with Crippen LogP contribution < -0.4 is 5.32 Å². The van der Waals surface area contributed by atoms with Crippen LogP contribution in [0.1, 0.15) is 45.4 Å². The number of halogens is 3. The van der Waals surface area contributed by atoms with Crippen molar-refractivity contribution in [1.29, 1.82) is 0 Å². The molecule has 0 unspecified atom stereocenters. The van der Waals surface area contributed by atoms with E-state index >= 15 is 0 Å². The fourth-order valence-corrected chi connectivity index (χ4v) is 3.60. The standard InChI is InChI=1S/C12H17F3N2OS/c1-11(7-12(13,14)15)9(18)17-10(19-11)16-8-5-3-2-4-6-8/h8H,2-7H2,1H3,(H,16,17,18)/t11-/m0/s1. The van der Waals surface area contributed by atoms with Gasteiger partial charge in [-0.2, -0.15) is 13.2 Å². The van der Waals surface area contributed by atoms with Gasteiger partial charge in [0.25, 0.3) is 0 Å². The number of carbonyl (C=O) groups excluding carboxylic acids is 1. The van der Waals surface area contributed by atoms with Crippen molar-refractivity contribution in [3.05, 3.63) is 0 Å². The van der Waals surface area contributed by atoms with Crippen LogP contribution in [0.3, 0.4) is 0 Å². The van der Waals surface area contributed by atoms with Crippen molar-refractivity contribution in [2.24, 2.45) is 4.99 Å². The highest BCUT2D eigenvalue weighted by atomic mass is 32.2. The molecule has 2 rings (SSSR count). The van der Waals surface area contributed by atoms with E-state index in [-0.39, 0.29) is 6.04 Å². The summed E-state index contributed by atoms with van der Waals surface area (Å²) >= 11 is 0.911. The van der Waals surface area contributed by atoms with E-state index in [0.29, 0.717) is 5.17 Å². The summed E-state index contributed by atoms with van der Waals surface area (Å²) in [5.74, 6) is -0.593. The molecule has 0 spiro atoms. The minimum absolute atomic E-state index is 0.143. The molecule has 0 aromatic heterocycles. The Hall–Kier alpha value is -0.720. The number of rotatable bonds is 2. The average molecular weight is 294 g/mol. The molecular weight excluding hydrogens is 277 g/mol. The zero-order valence-corrected chi connectivity index (χ0v) is 11.5. The van der Waals surface area contributed by atoms with E-state index in [1.165, 1.54) is 13.3 Å². The quantitative estimate of drug-likeness (QED) is 0.849. The van der Waals surface area contributed by atoms with Gasteiger partial charge in [-0.25, -0.2) is 0 Å². The first-order chi connectivity index (χ1) is 8.78. The van der Waals surface area contributed by atoms with Crippen molar-refractivity contribution in [2.45, 2.75) is 62.4 Å². The normalized spacial score (nSPS) is 31.8. The lowest BCUT2D eigenvalue weighted by Gasteiger charge is -2.20. The van der Waals surface area contributed by atoms with E-state index in [0.717, 1.165) is 37.4 Å². The third kappa shape index (κ3) is 3.87. The summed E-state index contributed by atoms with van der Waals surface area (Å²) in [5, 5.41) is 2.84. The number of thioether (sulfide) groups is 1. The van der Waals surface area contributed by atoms with E-state index in [4.69, 9.17) is 0 Å². The molecule has 1 saturated heterocycles. The Balaban J connectivity index is 2.03. The molecule has 1 aliphatic carbocycles. The third-order valence-corrected chi connectivity index (χ3v) is 4.62. The van der Waals surface area contributed by atoms with Gasteiger partial charge in [-0.3, -0.25) is 9.79 Å². The summed E-state index contributed by atoms with van der Waals surface area (Å²) in [6, 6.07) is 0.143. The lowest BCUT2D eigenvalue weighted by molar-refractivity contribution is -0.148. The lowest BCUT2D eigenvalue weighted by atomic mass is 9.96. The Morgan fingerprint density at radius 3 is 2.58 bits per heavy atom. The highest BCUT2D eigenvalue weighted by molar-refractivity contribution is 8.16. The smallest absolute Gasteiger partial charge is 0.304 e. The summed E-state index contributed by atoms with van der Waals surface area (Å²) < 4.78 is 36.0. The molecule has 1 atom stereocenters. The molecule has 1 aliphatic heterocycles. The van der Waals surface area contributed by atoms with Crippen molar-refractivity contribution in [1.82, 2.24) is 5.32 Å². The van der Waals surface area contributed by atoms with E-state index < -0.39 is 23.3 Å². The van der Waals surface area contributed by atoms with Crippen LogP contribution in [0, 0.1) is 0 Å². The molecule has 2 fully saturated rings. The van der Waals surface area contributed by atoms with Gasteiger partial charge < -0.3 is 5.32 Å². The summed E-state index contributed by atoms with van der Waals surface area (Å²) in [7, 11) is 0. The SMILES string of the molecule is C[C@@]1(CC(F)(F)F)SC(=NC2CCCCC2)NC1=O. The zero-order chi connectivity index (χ0) is 14.1. The second kappa shape index (κ2) is 5.34. The third-order valence-electron chi connectivity index (χ3n) is 3.44. The second-order valence-electron chi connectivity index (χ2n) is 5.31. The Morgan fingerprint density at radius 2 is 2.00 bits per heavy atom. The Kier molecular flexibility index (Phi) is 4.13. The van der Waals surface area contributed by atoms with Crippen LogP contribution in [0.25, 0.3) is 0 Å². The minimum Gasteiger partial charge on any atom is -0.304 e. The second-order valence-corrected chi connectivity index (χ2v) is 6.80. The maximum absolute atomic E-state index is 12.5. The number of nitrogens with zero attached hydrogens (tertiary/aromatic N) is 1. The first-order valence-electron chi connectivity index (χ1n) is 6.43. The molecule has 0 aromatic carbocycles. The lowest BCUT2D eigenvalue weighted by Crippen LogP contribution is -2.37. The van der Waals surface area contributed by atoms with Gasteiger partial charge in [0, 0.05) is 0 Å². The number of amides is 1. The van der Waals surface area contributed by atoms with Crippen molar-refractivity contribution < 1.29 is 18.0 Å². The maximum Gasteiger partial charge on any atom is 0.390 e. The summed E-state index contributed by atoms with van der Waals surface area (Å²) in [4.78, 5) is 16.1. The number of carbonyl (C=O) groups is 1. The Morgan fingerprint density at radius 1 is 1.37 bits per heavy atom. The topological polar surface area (TPSA) is 41.5 Å². The monoisotopic (exact) mass is 294 g/mol. The molecule has 1 N–H and O–H groups in total. The predicted octanol–water partition coefficient (Wildman–Crippen LogP) is 3.25. The molecule has 19 heavy (non-hydrogen) atoms. The number of amidine groups is 1. The van der Waals surface area contributed by atoms with Gasteiger partial charge >= 0.3 is 6.18 Å². The largest absolute Gasteiger partial charge is 0.390 e. The van der Waals surface area contributed by atoms with Crippen LogP contribution >= 0.6 is 11.8 Å². The van der Waals surface area contributed by atoms with Crippen LogP contribution in [0.15, 0.2) is 4.99 Å². The number of aliphatic imine (C=N–C) groups is 1. The van der Waals surface area contributed by atoms with Gasteiger partial charge in [0.1, 0.15) is 4.75 Å². The fourth-order valence-electron chi connectivity index (χ4n) is 2.45. The number of hydrogen-bond donors (Lipinski definition) is 1. The van der Waals surface area contributed by atoms with Gasteiger partial charge in [-0.05, 0) is 19.8 Å². The molecule has 1 saturated carbocycles. The van der Waals surface area contributed by atoms with E-state index in [1.54, 1.807) is 0 Å². The van der Waals surface area contributed by atoms with Crippen LogP contribution in [0.5, 0.6) is 0 Å². The van der Waals surface area contributed by atoms with Crippen LogP contribution in [-0.2, 0) is 4.79 Å². The molecule has 108 valence electrons. The van der Waals surface area contributed by atoms with Crippen molar-refractivity contribution >= 4 is 22.8 Å². The minimum atomic E-state index is -4.35.